The van der Waals surface area contributed by atoms with E-state index in [4.69, 9.17) is 9.47 Å². The summed E-state index contributed by atoms with van der Waals surface area (Å²) in [5.74, 6) is 0.538. The van der Waals surface area contributed by atoms with E-state index in [0.717, 1.165) is 23.0 Å². The monoisotopic (exact) mass is 435 g/mol. The molecule has 168 valence electrons. The predicted octanol–water partition coefficient (Wildman–Crippen LogP) is 4.86. The molecule has 2 aromatic carbocycles. The van der Waals surface area contributed by atoms with E-state index in [1.54, 1.807) is 16.9 Å². The molecule has 7 heteroatoms. The number of aldehydes is 1. The van der Waals surface area contributed by atoms with Crippen LogP contribution in [-0.2, 0) is 17.9 Å². The van der Waals surface area contributed by atoms with E-state index in [9.17, 15) is 9.59 Å². The number of hydrogen-bond donors (Lipinski definition) is 1. The number of rotatable bonds is 9. The summed E-state index contributed by atoms with van der Waals surface area (Å²) in [7, 11) is 0. The van der Waals surface area contributed by atoms with Crippen LogP contribution in [0.3, 0.4) is 0 Å². The molecule has 0 saturated heterocycles. The number of ether oxygens (including phenoxy) is 2. The molecule has 0 bridgehead atoms. The zero-order valence-corrected chi connectivity index (χ0v) is 18.7. The van der Waals surface area contributed by atoms with Gasteiger partial charge in [-0.1, -0.05) is 42.5 Å². The minimum absolute atomic E-state index is 0.384. The van der Waals surface area contributed by atoms with Gasteiger partial charge in [-0.05, 0) is 44.4 Å². The second-order valence-corrected chi connectivity index (χ2v) is 8.38. The highest BCUT2D eigenvalue weighted by atomic mass is 16.6. The zero-order valence-electron chi connectivity index (χ0n) is 18.7. The van der Waals surface area contributed by atoms with Gasteiger partial charge in [-0.15, -0.1) is 0 Å². The third-order valence-corrected chi connectivity index (χ3v) is 4.60. The summed E-state index contributed by atoms with van der Waals surface area (Å²) in [6.07, 6.45) is 4.70. The fourth-order valence-electron chi connectivity index (χ4n) is 3.15. The van der Waals surface area contributed by atoms with Crippen LogP contribution in [0.25, 0.3) is 11.1 Å². The van der Waals surface area contributed by atoms with Crippen molar-refractivity contribution >= 4 is 12.4 Å². The SMILES string of the molecule is CC(C)(C)OC(=O)NCCCn1cc(-c2cccc(OCc3ccccc3)c2C=O)cn1. The van der Waals surface area contributed by atoms with Crippen molar-refractivity contribution in [2.24, 2.45) is 0 Å². The van der Waals surface area contributed by atoms with Crippen LogP contribution in [-0.4, -0.2) is 34.3 Å². The van der Waals surface area contributed by atoms with Gasteiger partial charge < -0.3 is 14.8 Å². The Kier molecular flexibility index (Phi) is 7.65. The second kappa shape index (κ2) is 10.6. The standard InChI is InChI=1S/C25H29N3O4/c1-25(2,3)32-24(30)26-13-8-14-28-16-20(15-27-28)21-11-7-12-23(22(21)17-29)31-18-19-9-5-4-6-10-19/h4-7,9-12,15-17H,8,13-14,18H2,1-3H3,(H,26,30). The van der Waals surface area contributed by atoms with Crippen molar-refractivity contribution in [3.63, 3.8) is 0 Å². The maximum absolute atomic E-state index is 11.9. The Balaban J connectivity index is 1.60. The van der Waals surface area contributed by atoms with Gasteiger partial charge in [0.15, 0.2) is 6.29 Å². The number of carbonyl (C=O) groups excluding carboxylic acids is 2. The fourth-order valence-corrected chi connectivity index (χ4v) is 3.15. The molecule has 0 saturated carbocycles. The molecular weight excluding hydrogens is 406 g/mol. The molecule has 7 nitrogen and oxygen atoms in total. The minimum Gasteiger partial charge on any atom is -0.488 e. The minimum atomic E-state index is -0.517. The summed E-state index contributed by atoms with van der Waals surface area (Å²) in [5.41, 5.74) is 2.61. The highest BCUT2D eigenvalue weighted by Gasteiger charge is 2.16. The van der Waals surface area contributed by atoms with Crippen LogP contribution in [0.4, 0.5) is 4.79 Å². The van der Waals surface area contributed by atoms with Gasteiger partial charge in [0.1, 0.15) is 18.0 Å². The Morgan fingerprint density at radius 1 is 1.12 bits per heavy atom. The Hall–Kier alpha value is -3.61. The molecule has 0 radical (unpaired) electrons. The quantitative estimate of drug-likeness (QED) is 0.384. The summed E-state index contributed by atoms with van der Waals surface area (Å²) in [6, 6.07) is 15.4. The lowest BCUT2D eigenvalue weighted by Gasteiger charge is -2.19. The van der Waals surface area contributed by atoms with Crippen molar-refractivity contribution in [3.05, 3.63) is 72.1 Å². The molecule has 0 aliphatic rings. The van der Waals surface area contributed by atoms with Crippen LogP contribution in [0.5, 0.6) is 5.75 Å². The normalized spacial score (nSPS) is 11.1. The van der Waals surface area contributed by atoms with E-state index >= 15 is 0 Å². The molecule has 0 atom stereocenters. The Morgan fingerprint density at radius 3 is 2.62 bits per heavy atom. The maximum Gasteiger partial charge on any atom is 0.407 e. The van der Waals surface area contributed by atoms with Crippen molar-refractivity contribution in [2.45, 2.75) is 45.9 Å². The largest absolute Gasteiger partial charge is 0.488 e. The molecule has 1 amide bonds. The van der Waals surface area contributed by atoms with Crippen LogP contribution in [0.2, 0.25) is 0 Å². The number of nitrogens with one attached hydrogen (secondary N) is 1. The van der Waals surface area contributed by atoms with Crippen LogP contribution in [0.1, 0.15) is 43.1 Å². The average molecular weight is 436 g/mol. The molecule has 1 N–H and O–H groups in total. The number of nitrogens with zero attached hydrogens (tertiary/aromatic N) is 2. The van der Waals surface area contributed by atoms with Crippen molar-refractivity contribution in [3.8, 4) is 16.9 Å². The van der Waals surface area contributed by atoms with Gasteiger partial charge in [0.2, 0.25) is 0 Å². The molecule has 0 aliphatic heterocycles. The van der Waals surface area contributed by atoms with Gasteiger partial charge >= 0.3 is 6.09 Å². The molecule has 0 spiro atoms. The number of alkyl carbamates (subject to hydrolysis) is 1. The molecule has 1 aromatic heterocycles. The van der Waals surface area contributed by atoms with Gasteiger partial charge in [0, 0.05) is 24.8 Å². The molecule has 32 heavy (non-hydrogen) atoms. The van der Waals surface area contributed by atoms with Gasteiger partial charge in [-0.3, -0.25) is 9.48 Å². The number of aryl methyl sites for hydroxylation is 1. The number of carbonyl (C=O) groups is 2. The summed E-state index contributed by atoms with van der Waals surface area (Å²) in [5, 5.41) is 7.12. The Bertz CT molecular complexity index is 1040. The van der Waals surface area contributed by atoms with E-state index < -0.39 is 11.7 Å². The van der Waals surface area contributed by atoms with Crippen LogP contribution in [0.15, 0.2) is 60.9 Å². The third kappa shape index (κ3) is 6.70. The zero-order chi connectivity index (χ0) is 23.0. The molecule has 0 aliphatic carbocycles. The van der Waals surface area contributed by atoms with E-state index in [0.29, 0.717) is 37.4 Å². The smallest absolute Gasteiger partial charge is 0.407 e. The lowest BCUT2D eigenvalue weighted by atomic mass is 10.0. The molecule has 0 unspecified atom stereocenters. The van der Waals surface area contributed by atoms with Crippen molar-refractivity contribution in [2.75, 3.05) is 6.54 Å². The predicted molar refractivity (Wildman–Crippen MR) is 123 cm³/mol. The summed E-state index contributed by atoms with van der Waals surface area (Å²) >= 11 is 0. The Morgan fingerprint density at radius 2 is 1.91 bits per heavy atom. The first-order chi connectivity index (χ1) is 15.4. The first kappa shape index (κ1) is 23.1. The summed E-state index contributed by atoms with van der Waals surface area (Å²) in [4.78, 5) is 23.6. The highest BCUT2D eigenvalue weighted by molar-refractivity contribution is 5.90. The molecule has 3 aromatic rings. The lowest BCUT2D eigenvalue weighted by Crippen LogP contribution is -2.33. The number of benzene rings is 2. The highest BCUT2D eigenvalue weighted by Crippen LogP contribution is 2.29. The van der Waals surface area contributed by atoms with Crippen molar-refractivity contribution < 1.29 is 19.1 Å². The summed E-state index contributed by atoms with van der Waals surface area (Å²) in [6.45, 7) is 6.96. The molecule has 3 rings (SSSR count). The number of amides is 1. The summed E-state index contributed by atoms with van der Waals surface area (Å²) < 4.78 is 12.9. The number of aromatic nitrogens is 2. The van der Waals surface area contributed by atoms with Gasteiger partial charge in [-0.25, -0.2) is 4.79 Å². The Labute approximate surface area is 188 Å². The van der Waals surface area contributed by atoms with Crippen molar-refractivity contribution in [1.29, 1.82) is 0 Å². The van der Waals surface area contributed by atoms with Crippen LogP contribution >= 0.6 is 0 Å². The average Bonchev–Trinajstić information content (AvgIpc) is 3.23. The molecule has 0 fully saturated rings. The molecule has 1 heterocycles. The first-order valence-corrected chi connectivity index (χ1v) is 10.6. The van der Waals surface area contributed by atoms with E-state index in [1.165, 1.54) is 0 Å². The number of hydrogen-bond acceptors (Lipinski definition) is 5. The maximum atomic E-state index is 11.9. The second-order valence-electron chi connectivity index (χ2n) is 8.38. The van der Waals surface area contributed by atoms with Crippen LogP contribution < -0.4 is 10.1 Å². The van der Waals surface area contributed by atoms with Gasteiger partial charge in [0.05, 0.1) is 11.8 Å². The van der Waals surface area contributed by atoms with E-state index in [-0.39, 0.29) is 0 Å². The first-order valence-electron chi connectivity index (χ1n) is 10.6. The van der Waals surface area contributed by atoms with Gasteiger partial charge in [0.25, 0.3) is 0 Å². The lowest BCUT2D eigenvalue weighted by molar-refractivity contribution is 0.0526. The van der Waals surface area contributed by atoms with Gasteiger partial charge in [-0.2, -0.15) is 5.10 Å². The van der Waals surface area contributed by atoms with Crippen molar-refractivity contribution in [1.82, 2.24) is 15.1 Å². The van der Waals surface area contributed by atoms with Crippen LogP contribution in [0, 0.1) is 0 Å². The third-order valence-electron chi connectivity index (χ3n) is 4.60. The topological polar surface area (TPSA) is 82.5 Å². The molecular formula is C25H29N3O4. The van der Waals surface area contributed by atoms with E-state index in [1.807, 2.05) is 69.4 Å². The van der Waals surface area contributed by atoms with E-state index in [2.05, 4.69) is 10.4 Å². The fraction of sp³-hybridized carbons (Fsp3) is 0.320.